The molecular weight excluding hydrogens is 332 g/mol. The largest absolute Gasteiger partial charge is 0.481 e. The number of piperidine rings is 1. The predicted molar refractivity (Wildman–Crippen MR) is 100 cm³/mol. The van der Waals surface area contributed by atoms with Crippen LogP contribution in [0.15, 0.2) is 18.5 Å². The summed E-state index contributed by atoms with van der Waals surface area (Å²) in [6.45, 7) is 3.71. The Bertz CT molecular complexity index is 695. The van der Waals surface area contributed by atoms with Gasteiger partial charge in [-0.3, -0.25) is 0 Å². The van der Waals surface area contributed by atoms with E-state index in [0.29, 0.717) is 23.6 Å². The van der Waals surface area contributed by atoms with Crippen LogP contribution in [0.2, 0.25) is 0 Å². The van der Waals surface area contributed by atoms with Gasteiger partial charge < -0.3 is 23.8 Å². The zero-order valence-corrected chi connectivity index (χ0v) is 16.1. The highest BCUT2D eigenvalue weighted by atomic mass is 16.5. The quantitative estimate of drug-likeness (QED) is 0.743. The molecule has 0 radical (unpaired) electrons. The number of likely N-dealkylation sites (N-methyl/N-ethyl adjacent to an activating group) is 1. The van der Waals surface area contributed by atoms with E-state index in [9.17, 15) is 0 Å². The van der Waals surface area contributed by atoms with Crippen LogP contribution in [0.1, 0.15) is 24.6 Å². The number of nitrogens with zero attached hydrogens (tertiary/aromatic N) is 6. The molecule has 1 fully saturated rings. The van der Waals surface area contributed by atoms with Gasteiger partial charge in [0.25, 0.3) is 0 Å². The molecule has 1 aliphatic heterocycles. The standard InChI is InChI=1S/C18H28N6O2/c1-22(2)10-11-23-9-7-19-17(23)14-6-5-8-24(13-14)18-20-15(25-3)12-16(21-18)26-4/h7,9,12,14H,5-6,8,10-11,13H2,1-4H3/t14-/m1/s1. The number of ether oxygens (including phenoxy) is 2. The van der Waals surface area contributed by atoms with Gasteiger partial charge in [0.2, 0.25) is 17.7 Å². The molecule has 1 saturated heterocycles. The molecule has 3 heterocycles. The van der Waals surface area contributed by atoms with Crippen molar-refractivity contribution in [1.82, 2.24) is 24.4 Å². The van der Waals surface area contributed by atoms with Crippen LogP contribution >= 0.6 is 0 Å². The predicted octanol–water partition coefficient (Wildman–Crippen LogP) is 1.64. The van der Waals surface area contributed by atoms with Gasteiger partial charge in [-0.1, -0.05) is 0 Å². The molecule has 26 heavy (non-hydrogen) atoms. The molecule has 8 heteroatoms. The van der Waals surface area contributed by atoms with Gasteiger partial charge in [0.15, 0.2) is 0 Å². The number of hydrogen-bond donors (Lipinski definition) is 0. The molecule has 0 saturated carbocycles. The van der Waals surface area contributed by atoms with Gasteiger partial charge in [-0.25, -0.2) is 4.98 Å². The maximum absolute atomic E-state index is 5.28. The molecule has 0 bridgehead atoms. The molecule has 142 valence electrons. The van der Waals surface area contributed by atoms with E-state index in [1.807, 2.05) is 6.20 Å². The second-order valence-electron chi connectivity index (χ2n) is 6.82. The normalized spacial score (nSPS) is 17.6. The van der Waals surface area contributed by atoms with E-state index < -0.39 is 0 Å². The van der Waals surface area contributed by atoms with Crippen molar-refractivity contribution in [3.05, 3.63) is 24.3 Å². The summed E-state index contributed by atoms with van der Waals surface area (Å²) >= 11 is 0. The first-order chi connectivity index (χ1) is 12.6. The molecular formula is C18H28N6O2. The third-order valence-electron chi connectivity index (χ3n) is 4.69. The topological polar surface area (TPSA) is 68.5 Å². The number of imidazole rings is 1. The molecule has 2 aromatic heterocycles. The molecule has 1 aliphatic rings. The summed E-state index contributed by atoms with van der Waals surface area (Å²) in [7, 11) is 7.39. The lowest BCUT2D eigenvalue weighted by atomic mass is 9.97. The minimum atomic E-state index is 0.363. The number of methoxy groups -OCH3 is 2. The second kappa shape index (κ2) is 8.35. The van der Waals surface area contributed by atoms with Crippen LogP contribution in [0, 0.1) is 0 Å². The molecule has 0 N–H and O–H groups in total. The maximum Gasteiger partial charge on any atom is 0.231 e. The van der Waals surface area contributed by atoms with Gasteiger partial charge in [0, 0.05) is 44.5 Å². The Morgan fingerprint density at radius 3 is 2.58 bits per heavy atom. The lowest BCUT2D eigenvalue weighted by Gasteiger charge is -2.33. The van der Waals surface area contributed by atoms with E-state index >= 15 is 0 Å². The summed E-state index contributed by atoms with van der Waals surface area (Å²) in [6.07, 6.45) is 6.17. The third kappa shape index (κ3) is 4.24. The Balaban J connectivity index is 1.77. The van der Waals surface area contributed by atoms with Crippen molar-refractivity contribution < 1.29 is 9.47 Å². The van der Waals surface area contributed by atoms with Crippen LogP contribution in [0.3, 0.4) is 0 Å². The van der Waals surface area contributed by atoms with Crippen molar-refractivity contribution in [1.29, 1.82) is 0 Å². The van der Waals surface area contributed by atoms with Crippen molar-refractivity contribution >= 4 is 5.95 Å². The summed E-state index contributed by atoms with van der Waals surface area (Å²) in [5, 5.41) is 0. The Morgan fingerprint density at radius 1 is 1.19 bits per heavy atom. The Morgan fingerprint density at radius 2 is 1.92 bits per heavy atom. The van der Waals surface area contributed by atoms with E-state index in [4.69, 9.17) is 9.47 Å². The fourth-order valence-electron chi connectivity index (χ4n) is 3.29. The maximum atomic E-state index is 5.28. The minimum Gasteiger partial charge on any atom is -0.481 e. The highest BCUT2D eigenvalue weighted by molar-refractivity contribution is 5.38. The van der Waals surface area contributed by atoms with Gasteiger partial charge >= 0.3 is 0 Å². The number of hydrogen-bond acceptors (Lipinski definition) is 7. The molecule has 2 aromatic rings. The van der Waals surface area contributed by atoms with E-state index in [1.54, 1.807) is 20.3 Å². The van der Waals surface area contributed by atoms with Crippen molar-refractivity contribution in [2.75, 3.05) is 52.8 Å². The van der Waals surface area contributed by atoms with Crippen molar-refractivity contribution in [2.45, 2.75) is 25.3 Å². The summed E-state index contributed by atoms with van der Waals surface area (Å²) in [5.41, 5.74) is 0. The molecule has 0 aliphatic carbocycles. The number of aromatic nitrogens is 4. The molecule has 0 unspecified atom stereocenters. The lowest BCUT2D eigenvalue weighted by Crippen LogP contribution is -2.36. The molecule has 3 rings (SSSR count). The third-order valence-corrected chi connectivity index (χ3v) is 4.69. The fraction of sp³-hybridized carbons (Fsp3) is 0.611. The SMILES string of the molecule is COc1cc(OC)nc(N2CCC[C@@H](c3nccn3CCN(C)C)C2)n1. The van der Waals surface area contributed by atoms with E-state index in [1.165, 1.54) is 0 Å². The van der Waals surface area contributed by atoms with Crippen molar-refractivity contribution in [3.63, 3.8) is 0 Å². The van der Waals surface area contributed by atoms with E-state index in [-0.39, 0.29) is 0 Å². The van der Waals surface area contributed by atoms with Gasteiger partial charge in [-0.2, -0.15) is 9.97 Å². The molecule has 0 aromatic carbocycles. The average molecular weight is 360 g/mol. The molecule has 0 amide bonds. The summed E-state index contributed by atoms with van der Waals surface area (Å²) in [6, 6.07) is 1.69. The van der Waals surface area contributed by atoms with E-state index in [0.717, 1.165) is 44.8 Å². The first-order valence-electron chi connectivity index (χ1n) is 8.98. The van der Waals surface area contributed by atoms with Crippen LogP contribution in [0.4, 0.5) is 5.95 Å². The van der Waals surface area contributed by atoms with Crippen molar-refractivity contribution in [3.8, 4) is 11.8 Å². The summed E-state index contributed by atoms with van der Waals surface area (Å²) in [5.74, 6) is 3.19. The lowest BCUT2D eigenvalue weighted by molar-refractivity contribution is 0.367. The van der Waals surface area contributed by atoms with Gasteiger partial charge in [0.1, 0.15) is 5.82 Å². The monoisotopic (exact) mass is 360 g/mol. The Kier molecular flexibility index (Phi) is 5.92. The fourth-order valence-corrected chi connectivity index (χ4v) is 3.29. The van der Waals surface area contributed by atoms with Crippen molar-refractivity contribution in [2.24, 2.45) is 0 Å². The molecule has 1 atom stereocenters. The first kappa shape index (κ1) is 18.4. The van der Waals surface area contributed by atoms with Gasteiger partial charge in [-0.15, -0.1) is 0 Å². The molecule has 8 nitrogen and oxygen atoms in total. The Labute approximate surface area is 154 Å². The molecule has 0 spiro atoms. The van der Waals surface area contributed by atoms with Crippen LogP contribution in [0.25, 0.3) is 0 Å². The highest BCUT2D eigenvalue weighted by Crippen LogP contribution is 2.29. The van der Waals surface area contributed by atoms with E-state index in [2.05, 4.69) is 49.6 Å². The van der Waals surface area contributed by atoms with Crippen LogP contribution in [-0.2, 0) is 6.54 Å². The van der Waals surface area contributed by atoms with Crippen LogP contribution in [-0.4, -0.2) is 72.4 Å². The summed E-state index contributed by atoms with van der Waals surface area (Å²) < 4.78 is 12.8. The first-order valence-corrected chi connectivity index (χ1v) is 8.98. The average Bonchev–Trinajstić information content (AvgIpc) is 3.14. The zero-order valence-electron chi connectivity index (χ0n) is 16.1. The highest BCUT2D eigenvalue weighted by Gasteiger charge is 2.26. The number of rotatable bonds is 7. The smallest absolute Gasteiger partial charge is 0.231 e. The zero-order chi connectivity index (χ0) is 18.5. The van der Waals surface area contributed by atoms with Gasteiger partial charge in [-0.05, 0) is 26.9 Å². The Hall–Kier alpha value is -2.35. The number of anilines is 1. The summed E-state index contributed by atoms with van der Waals surface area (Å²) in [4.78, 5) is 18.0. The second-order valence-corrected chi connectivity index (χ2v) is 6.82. The van der Waals surface area contributed by atoms with Gasteiger partial charge in [0.05, 0.1) is 20.3 Å². The minimum absolute atomic E-state index is 0.363. The van der Waals surface area contributed by atoms with Crippen LogP contribution < -0.4 is 14.4 Å². The van der Waals surface area contributed by atoms with Crippen LogP contribution in [0.5, 0.6) is 11.8 Å².